The molecule has 1 heterocycles. The molecule has 0 N–H and O–H groups in total. The topological polar surface area (TPSA) is 38.1 Å². The number of fused-ring (bicyclic) bond motifs is 1. The molecule has 5 heteroatoms. The van der Waals surface area contributed by atoms with E-state index < -0.39 is 0 Å². The van der Waals surface area contributed by atoms with Crippen LogP contribution in [0.1, 0.15) is 30.8 Å². The summed E-state index contributed by atoms with van der Waals surface area (Å²) >= 11 is 6.00. The number of benzene rings is 3. The van der Waals surface area contributed by atoms with Gasteiger partial charge in [0, 0.05) is 17.6 Å². The SMILES string of the molecule is CC(C)N(Cc1ccccc1)C(=O)Cn1c(/C=C/c2ccc(Cl)cc2)nc2ccccc21. The van der Waals surface area contributed by atoms with E-state index in [1.165, 1.54) is 0 Å². The standard InChI is InChI=1S/C27H26ClN3O/c1-20(2)30(18-22-8-4-3-5-9-22)27(32)19-31-25-11-7-6-10-24(25)29-26(31)17-14-21-12-15-23(28)16-13-21/h3-17,20H,18-19H2,1-2H3/b17-14+. The summed E-state index contributed by atoms with van der Waals surface area (Å²) in [5, 5.41) is 0.701. The van der Waals surface area contributed by atoms with Crippen molar-refractivity contribution in [2.45, 2.75) is 33.0 Å². The van der Waals surface area contributed by atoms with Crippen LogP contribution in [-0.4, -0.2) is 26.4 Å². The summed E-state index contributed by atoms with van der Waals surface area (Å²) in [6.07, 6.45) is 3.94. The summed E-state index contributed by atoms with van der Waals surface area (Å²) in [6.45, 7) is 4.91. The average Bonchev–Trinajstić information content (AvgIpc) is 3.15. The predicted molar refractivity (Wildman–Crippen MR) is 132 cm³/mol. The molecule has 162 valence electrons. The summed E-state index contributed by atoms with van der Waals surface area (Å²) in [5.74, 6) is 0.811. The normalized spacial score (nSPS) is 11.5. The lowest BCUT2D eigenvalue weighted by Crippen LogP contribution is -2.38. The summed E-state index contributed by atoms with van der Waals surface area (Å²) < 4.78 is 1.99. The number of imidazole rings is 1. The van der Waals surface area contributed by atoms with Gasteiger partial charge in [0.25, 0.3) is 0 Å². The molecule has 0 radical (unpaired) electrons. The minimum atomic E-state index is 0.0631. The van der Waals surface area contributed by atoms with E-state index in [0.29, 0.717) is 11.6 Å². The first-order valence-electron chi connectivity index (χ1n) is 10.7. The zero-order chi connectivity index (χ0) is 22.5. The number of nitrogens with zero attached hydrogens (tertiary/aromatic N) is 3. The lowest BCUT2D eigenvalue weighted by Gasteiger charge is -2.27. The van der Waals surface area contributed by atoms with Gasteiger partial charge in [0.1, 0.15) is 12.4 Å². The van der Waals surface area contributed by atoms with E-state index in [1.807, 2.05) is 102 Å². The van der Waals surface area contributed by atoms with Crippen molar-refractivity contribution in [3.05, 3.63) is 101 Å². The highest BCUT2D eigenvalue weighted by Crippen LogP contribution is 2.20. The molecule has 32 heavy (non-hydrogen) atoms. The van der Waals surface area contributed by atoms with Crippen molar-refractivity contribution in [3.8, 4) is 0 Å². The first-order chi connectivity index (χ1) is 15.5. The molecule has 0 spiro atoms. The summed E-state index contributed by atoms with van der Waals surface area (Å²) in [5.41, 5.74) is 3.95. The Labute approximate surface area is 193 Å². The predicted octanol–water partition coefficient (Wildman–Crippen LogP) is 6.30. The van der Waals surface area contributed by atoms with Gasteiger partial charge in [0.2, 0.25) is 5.91 Å². The number of aromatic nitrogens is 2. The molecule has 4 aromatic rings. The zero-order valence-electron chi connectivity index (χ0n) is 18.3. The summed E-state index contributed by atoms with van der Waals surface area (Å²) in [6, 6.07) is 25.7. The Balaban J connectivity index is 1.64. The van der Waals surface area contributed by atoms with Gasteiger partial charge in [-0.05, 0) is 55.3 Å². The van der Waals surface area contributed by atoms with E-state index in [4.69, 9.17) is 16.6 Å². The molecule has 0 bridgehead atoms. The highest BCUT2D eigenvalue weighted by atomic mass is 35.5. The van der Waals surface area contributed by atoms with Gasteiger partial charge in [-0.15, -0.1) is 0 Å². The Hall–Kier alpha value is -3.37. The first-order valence-corrected chi connectivity index (χ1v) is 11.1. The van der Waals surface area contributed by atoms with Crippen molar-refractivity contribution in [1.29, 1.82) is 0 Å². The smallest absolute Gasteiger partial charge is 0.243 e. The maximum Gasteiger partial charge on any atom is 0.243 e. The molecule has 0 aliphatic rings. The number of carbonyl (C=O) groups is 1. The van der Waals surface area contributed by atoms with Crippen molar-refractivity contribution in [2.24, 2.45) is 0 Å². The van der Waals surface area contributed by atoms with Crippen molar-refractivity contribution >= 4 is 40.7 Å². The monoisotopic (exact) mass is 443 g/mol. The third kappa shape index (κ3) is 5.09. The second-order valence-electron chi connectivity index (χ2n) is 8.03. The Kier molecular flexibility index (Phi) is 6.72. The van der Waals surface area contributed by atoms with Gasteiger partial charge in [0.05, 0.1) is 11.0 Å². The maximum absolute atomic E-state index is 13.4. The van der Waals surface area contributed by atoms with Gasteiger partial charge >= 0.3 is 0 Å². The van der Waals surface area contributed by atoms with Crippen LogP contribution in [0, 0.1) is 0 Å². The fraction of sp³-hybridized carbons (Fsp3) is 0.185. The number of hydrogen-bond acceptors (Lipinski definition) is 2. The molecule has 0 fully saturated rings. The van der Waals surface area contributed by atoms with E-state index in [2.05, 4.69) is 12.1 Å². The number of carbonyl (C=O) groups excluding carboxylic acids is 1. The zero-order valence-corrected chi connectivity index (χ0v) is 19.0. The Morgan fingerprint density at radius 2 is 1.66 bits per heavy atom. The average molecular weight is 444 g/mol. The van der Waals surface area contributed by atoms with E-state index in [0.717, 1.165) is 28.0 Å². The third-order valence-electron chi connectivity index (χ3n) is 5.41. The Morgan fingerprint density at radius 3 is 2.38 bits per heavy atom. The quantitative estimate of drug-likeness (QED) is 0.336. The van der Waals surface area contributed by atoms with Crippen LogP contribution in [0.3, 0.4) is 0 Å². The molecular formula is C27H26ClN3O. The van der Waals surface area contributed by atoms with Gasteiger partial charge < -0.3 is 9.47 Å². The number of halogens is 1. The second-order valence-corrected chi connectivity index (χ2v) is 8.47. The molecular weight excluding hydrogens is 418 g/mol. The van der Waals surface area contributed by atoms with Crippen LogP contribution in [0.4, 0.5) is 0 Å². The fourth-order valence-electron chi connectivity index (χ4n) is 3.70. The third-order valence-corrected chi connectivity index (χ3v) is 5.66. The summed E-state index contributed by atoms with van der Waals surface area (Å²) in [7, 11) is 0. The van der Waals surface area contributed by atoms with E-state index >= 15 is 0 Å². The van der Waals surface area contributed by atoms with Crippen molar-refractivity contribution in [2.75, 3.05) is 0 Å². The van der Waals surface area contributed by atoms with E-state index in [-0.39, 0.29) is 18.5 Å². The molecule has 0 unspecified atom stereocenters. The lowest BCUT2D eigenvalue weighted by molar-refractivity contribution is -0.134. The van der Waals surface area contributed by atoms with Crippen LogP contribution in [-0.2, 0) is 17.9 Å². The Bertz CT molecular complexity index is 1230. The minimum Gasteiger partial charge on any atom is -0.334 e. The van der Waals surface area contributed by atoms with Gasteiger partial charge in [-0.25, -0.2) is 4.98 Å². The van der Waals surface area contributed by atoms with Crippen LogP contribution in [0.15, 0.2) is 78.9 Å². The molecule has 1 amide bonds. The van der Waals surface area contributed by atoms with Crippen molar-refractivity contribution < 1.29 is 4.79 Å². The molecule has 4 rings (SSSR count). The Morgan fingerprint density at radius 1 is 0.969 bits per heavy atom. The van der Waals surface area contributed by atoms with Crippen LogP contribution >= 0.6 is 11.6 Å². The number of hydrogen-bond donors (Lipinski definition) is 0. The molecule has 1 aromatic heterocycles. The van der Waals surface area contributed by atoms with Crippen LogP contribution in [0.2, 0.25) is 5.02 Å². The number of rotatable bonds is 7. The number of para-hydroxylation sites is 2. The highest BCUT2D eigenvalue weighted by Gasteiger charge is 2.20. The van der Waals surface area contributed by atoms with E-state index in [9.17, 15) is 4.79 Å². The van der Waals surface area contributed by atoms with Crippen LogP contribution in [0.5, 0.6) is 0 Å². The molecule has 0 saturated heterocycles. The van der Waals surface area contributed by atoms with Gasteiger partial charge in [-0.2, -0.15) is 0 Å². The van der Waals surface area contributed by atoms with Gasteiger partial charge in [0.15, 0.2) is 0 Å². The number of amides is 1. The van der Waals surface area contributed by atoms with Gasteiger partial charge in [-0.3, -0.25) is 4.79 Å². The van der Waals surface area contributed by atoms with Crippen molar-refractivity contribution in [3.63, 3.8) is 0 Å². The molecule has 3 aromatic carbocycles. The molecule has 0 saturated carbocycles. The van der Waals surface area contributed by atoms with Crippen LogP contribution in [0.25, 0.3) is 23.2 Å². The van der Waals surface area contributed by atoms with E-state index in [1.54, 1.807) is 0 Å². The first kappa shape index (κ1) is 21.8. The molecule has 0 aliphatic heterocycles. The summed E-state index contributed by atoms with van der Waals surface area (Å²) in [4.78, 5) is 20.1. The van der Waals surface area contributed by atoms with Crippen LogP contribution < -0.4 is 0 Å². The molecule has 4 nitrogen and oxygen atoms in total. The second kappa shape index (κ2) is 9.84. The highest BCUT2D eigenvalue weighted by molar-refractivity contribution is 6.30. The fourth-order valence-corrected chi connectivity index (χ4v) is 3.82. The molecule has 0 aliphatic carbocycles. The largest absolute Gasteiger partial charge is 0.334 e. The van der Waals surface area contributed by atoms with Crippen molar-refractivity contribution in [1.82, 2.24) is 14.5 Å². The lowest BCUT2D eigenvalue weighted by atomic mass is 10.2. The van der Waals surface area contributed by atoms with Gasteiger partial charge in [-0.1, -0.05) is 72.3 Å². The maximum atomic E-state index is 13.4. The molecule has 0 atom stereocenters. The minimum absolute atomic E-state index is 0.0631.